The minimum atomic E-state index is -3.86. The molecule has 2 amide bonds. The van der Waals surface area contributed by atoms with Crippen molar-refractivity contribution >= 4 is 27.6 Å². The van der Waals surface area contributed by atoms with Crippen molar-refractivity contribution in [2.24, 2.45) is 17.0 Å². The van der Waals surface area contributed by atoms with Crippen molar-refractivity contribution in [3.63, 3.8) is 0 Å². The number of amides is 2. The van der Waals surface area contributed by atoms with Crippen molar-refractivity contribution in [3.8, 4) is 0 Å². The topological polar surface area (TPSA) is 136 Å². The van der Waals surface area contributed by atoms with E-state index < -0.39 is 28.0 Å². The molecular weight excluding hydrogens is 422 g/mol. The van der Waals surface area contributed by atoms with E-state index in [9.17, 15) is 22.8 Å². The van der Waals surface area contributed by atoms with E-state index in [1.54, 1.807) is 4.90 Å². The number of ketones is 1. The van der Waals surface area contributed by atoms with Gasteiger partial charge in [0.2, 0.25) is 15.9 Å². The summed E-state index contributed by atoms with van der Waals surface area (Å²) in [5.74, 6) is -0.778. The van der Waals surface area contributed by atoms with Gasteiger partial charge in [-0.15, -0.1) is 0 Å². The van der Waals surface area contributed by atoms with Gasteiger partial charge in [0.05, 0.1) is 11.0 Å². The average Bonchev–Trinajstić information content (AvgIpc) is 3.45. The Labute approximate surface area is 181 Å². The minimum Gasteiger partial charge on any atom is -0.367 e. The highest BCUT2D eigenvalue weighted by Crippen LogP contribution is 2.34. The Kier molecular flexibility index (Phi) is 5.89. The van der Waals surface area contributed by atoms with E-state index in [1.807, 2.05) is 6.92 Å². The molecule has 0 unspecified atom stereocenters. The second kappa shape index (κ2) is 8.33. The molecule has 2 saturated heterocycles. The Balaban J connectivity index is 1.55. The number of benzene rings is 1. The zero-order valence-electron chi connectivity index (χ0n) is 17.3. The van der Waals surface area contributed by atoms with Crippen LogP contribution >= 0.6 is 0 Å². The highest BCUT2D eigenvalue weighted by molar-refractivity contribution is 7.89. The van der Waals surface area contributed by atoms with Crippen LogP contribution in [0, 0.1) is 11.8 Å². The third kappa shape index (κ3) is 4.24. The highest BCUT2D eigenvalue weighted by atomic mass is 32.2. The van der Waals surface area contributed by atoms with Crippen molar-refractivity contribution < 1.29 is 27.5 Å². The molecule has 1 saturated carbocycles. The molecule has 4 rings (SSSR count). The number of rotatable bonds is 5. The number of carbonyl (C=O) groups is 3. The van der Waals surface area contributed by atoms with Gasteiger partial charge in [0.25, 0.3) is 5.91 Å². The van der Waals surface area contributed by atoms with Gasteiger partial charge in [-0.1, -0.05) is 19.8 Å². The fourth-order valence-corrected chi connectivity index (χ4v) is 5.51. The molecule has 1 aliphatic carbocycles. The minimum absolute atomic E-state index is 0.00748. The molecule has 2 heterocycles. The van der Waals surface area contributed by atoms with E-state index in [0.29, 0.717) is 6.54 Å². The second-order valence-corrected chi connectivity index (χ2v) is 10.3. The van der Waals surface area contributed by atoms with Crippen molar-refractivity contribution in [3.05, 3.63) is 29.8 Å². The summed E-state index contributed by atoms with van der Waals surface area (Å²) in [6.45, 7) is 2.39. The first-order valence-electron chi connectivity index (χ1n) is 10.6. The van der Waals surface area contributed by atoms with Gasteiger partial charge in [-0.3, -0.25) is 14.4 Å². The number of primary sulfonamides is 1. The first-order chi connectivity index (χ1) is 14.7. The molecule has 168 valence electrons. The smallest absolute Gasteiger partial charge is 0.251 e. The quantitative estimate of drug-likeness (QED) is 0.669. The van der Waals surface area contributed by atoms with Crippen LogP contribution in [0.4, 0.5) is 0 Å². The number of fused-ring (bicyclic) bond motifs is 1. The summed E-state index contributed by atoms with van der Waals surface area (Å²) in [6.07, 6.45) is 3.32. The maximum Gasteiger partial charge on any atom is 0.251 e. The van der Waals surface area contributed by atoms with Crippen LogP contribution in [-0.2, 0) is 24.3 Å². The molecule has 0 radical (unpaired) electrons. The van der Waals surface area contributed by atoms with Gasteiger partial charge in [0.1, 0.15) is 18.7 Å². The molecule has 0 aromatic heterocycles. The molecule has 10 heteroatoms. The van der Waals surface area contributed by atoms with E-state index >= 15 is 0 Å². The SMILES string of the molecule is C[C@@H]1CN(C(=O)[C@@H](NC(=O)c2ccc(S(N)(=O)=O)cc2)C2CCCC2)[C@@H]2C(=O)CO[C@H]12. The lowest BCUT2D eigenvalue weighted by Gasteiger charge is -2.30. The van der Waals surface area contributed by atoms with Gasteiger partial charge in [-0.25, -0.2) is 13.6 Å². The molecule has 3 N–H and O–H groups in total. The first kappa shape index (κ1) is 21.9. The summed E-state index contributed by atoms with van der Waals surface area (Å²) in [4.78, 5) is 40.3. The van der Waals surface area contributed by atoms with Gasteiger partial charge in [0, 0.05) is 18.0 Å². The van der Waals surface area contributed by atoms with E-state index in [0.717, 1.165) is 25.7 Å². The van der Waals surface area contributed by atoms with E-state index in [-0.39, 0.29) is 46.7 Å². The van der Waals surface area contributed by atoms with Gasteiger partial charge < -0.3 is 15.0 Å². The number of sulfonamides is 1. The van der Waals surface area contributed by atoms with Crippen LogP contribution in [0.5, 0.6) is 0 Å². The molecule has 2 aliphatic heterocycles. The third-order valence-electron chi connectivity index (χ3n) is 6.59. The lowest BCUT2D eigenvalue weighted by molar-refractivity contribution is -0.139. The number of nitrogens with two attached hydrogens (primary N) is 1. The normalized spacial score (nSPS) is 27.4. The van der Waals surface area contributed by atoms with Gasteiger partial charge >= 0.3 is 0 Å². The average molecular weight is 450 g/mol. The molecule has 9 nitrogen and oxygen atoms in total. The van der Waals surface area contributed by atoms with Crippen molar-refractivity contribution in [2.45, 2.75) is 55.7 Å². The van der Waals surface area contributed by atoms with Crippen LogP contribution in [0.15, 0.2) is 29.2 Å². The number of nitrogens with zero attached hydrogens (tertiary/aromatic N) is 1. The molecule has 4 atom stereocenters. The van der Waals surface area contributed by atoms with Crippen LogP contribution in [0.2, 0.25) is 0 Å². The number of hydrogen-bond acceptors (Lipinski definition) is 6. The van der Waals surface area contributed by atoms with Crippen LogP contribution in [0.3, 0.4) is 0 Å². The summed E-state index contributed by atoms with van der Waals surface area (Å²) in [5, 5.41) is 7.96. The number of ether oxygens (including phenoxy) is 1. The van der Waals surface area contributed by atoms with Crippen LogP contribution in [0.25, 0.3) is 0 Å². The molecule has 1 aromatic carbocycles. The molecule has 1 aromatic rings. The number of Topliss-reactive ketones (excluding diaryl/α,β-unsaturated/α-hetero) is 1. The fourth-order valence-electron chi connectivity index (χ4n) is 4.99. The summed E-state index contributed by atoms with van der Waals surface area (Å²) < 4.78 is 28.5. The summed E-state index contributed by atoms with van der Waals surface area (Å²) in [7, 11) is -3.86. The number of hydrogen-bond donors (Lipinski definition) is 2. The number of carbonyl (C=O) groups excluding carboxylic acids is 3. The molecule has 31 heavy (non-hydrogen) atoms. The summed E-state index contributed by atoms with van der Waals surface area (Å²) in [5.41, 5.74) is 0.233. The maximum absolute atomic E-state index is 13.5. The molecule has 0 spiro atoms. The third-order valence-corrected chi connectivity index (χ3v) is 7.52. The molecule has 3 aliphatic rings. The van der Waals surface area contributed by atoms with Gasteiger partial charge in [-0.05, 0) is 43.0 Å². The summed E-state index contributed by atoms with van der Waals surface area (Å²) >= 11 is 0. The second-order valence-electron chi connectivity index (χ2n) is 8.72. The first-order valence-corrected chi connectivity index (χ1v) is 12.1. The monoisotopic (exact) mass is 449 g/mol. The molecule has 0 bridgehead atoms. The van der Waals surface area contributed by atoms with Gasteiger partial charge in [-0.2, -0.15) is 0 Å². The standard InChI is InChI=1S/C21H27N3O6S/c1-12-10-24(18-16(25)11-30-19(12)18)21(27)17(13-4-2-3-5-13)23-20(26)14-6-8-15(9-7-14)31(22,28)29/h6-9,12-13,17-19H,2-5,10-11H2,1H3,(H,23,26)(H2,22,28,29)/t12-,17+,18-,19-/m1/s1. The maximum atomic E-state index is 13.5. The summed E-state index contributed by atoms with van der Waals surface area (Å²) in [6, 6.07) is 3.93. The van der Waals surface area contributed by atoms with Crippen LogP contribution < -0.4 is 10.5 Å². The van der Waals surface area contributed by atoms with Crippen LogP contribution in [-0.4, -0.2) is 62.3 Å². The Bertz CT molecular complexity index is 987. The highest BCUT2D eigenvalue weighted by Gasteiger charge is 2.52. The van der Waals surface area contributed by atoms with Crippen molar-refractivity contribution in [1.29, 1.82) is 0 Å². The predicted octanol–water partition coefficient (Wildman–Crippen LogP) is 0.437. The Morgan fingerprint density at radius 2 is 1.84 bits per heavy atom. The largest absolute Gasteiger partial charge is 0.367 e. The molecular formula is C21H27N3O6S. The molecule has 3 fully saturated rings. The Morgan fingerprint density at radius 1 is 1.19 bits per heavy atom. The van der Waals surface area contributed by atoms with Crippen LogP contribution in [0.1, 0.15) is 43.0 Å². The Hall–Kier alpha value is -2.30. The van der Waals surface area contributed by atoms with Crippen molar-refractivity contribution in [1.82, 2.24) is 10.2 Å². The van der Waals surface area contributed by atoms with E-state index in [2.05, 4.69) is 5.32 Å². The van der Waals surface area contributed by atoms with E-state index in [1.165, 1.54) is 24.3 Å². The van der Waals surface area contributed by atoms with E-state index in [4.69, 9.17) is 9.88 Å². The zero-order chi connectivity index (χ0) is 22.3. The Morgan fingerprint density at radius 3 is 2.45 bits per heavy atom. The van der Waals surface area contributed by atoms with Gasteiger partial charge in [0.15, 0.2) is 5.78 Å². The zero-order valence-corrected chi connectivity index (χ0v) is 18.1. The van der Waals surface area contributed by atoms with Crippen molar-refractivity contribution in [2.75, 3.05) is 13.2 Å². The fraction of sp³-hybridized carbons (Fsp3) is 0.571. The predicted molar refractivity (Wildman–Crippen MR) is 110 cm³/mol. The number of nitrogens with one attached hydrogen (secondary N) is 1. The number of likely N-dealkylation sites (tertiary alicyclic amines) is 1. The lowest BCUT2D eigenvalue weighted by Crippen LogP contribution is -2.54. The lowest BCUT2D eigenvalue weighted by atomic mass is 9.95.